The number of carboxylic acid groups (broad SMARTS) is 1. The molecule has 0 bridgehead atoms. The number of hydrogen-bond acceptors (Lipinski definition) is 4. The van der Waals surface area contributed by atoms with Crippen molar-refractivity contribution in [2.75, 3.05) is 7.11 Å². The third-order valence-electron chi connectivity index (χ3n) is 5.02. The number of fused-ring (bicyclic) bond motifs is 1. The zero-order chi connectivity index (χ0) is 17.1. The average Bonchev–Trinajstić information content (AvgIpc) is 2.91. The largest absolute Gasteiger partial charge is 0.480 e. The molecule has 3 unspecified atom stereocenters. The van der Waals surface area contributed by atoms with Crippen LogP contribution in [-0.4, -0.2) is 53.2 Å². The van der Waals surface area contributed by atoms with Crippen LogP contribution in [-0.2, 0) is 14.3 Å². The van der Waals surface area contributed by atoms with Crippen LogP contribution in [0.3, 0.4) is 0 Å². The fourth-order valence-corrected chi connectivity index (χ4v) is 3.86. The smallest absolute Gasteiger partial charge is 0.407 e. The zero-order valence-corrected chi connectivity index (χ0v) is 13.9. The van der Waals surface area contributed by atoms with Crippen molar-refractivity contribution < 1.29 is 24.2 Å². The van der Waals surface area contributed by atoms with E-state index in [-0.39, 0.29) is 23.8 Å². The van der Waals surface area contributed by atoms with E-state index in [2.05, 4.69) is 10.1 Å². The Bertz CT molecular complexity index is 479. The summed E-state index contributed by atoms with van der Waals surface area (Å²) in [7, 11) is 1.24. The summed E-state index contributed by atoms with van der Waals surface area (Å²) in [6, 6.07) is -1.60. The summed E-state index contributed by atoms with van der Waals surface area (Å²) in [4.78, 5) is 37.7. The molecule has 1 aliphatic carbocycles. The van der Waals surface area contributed by atoms with Crippen LogP contribution in [0.4, 0.5) is 4.79 Å². The van der Waals surface area contributed by atoms with Crippen molar-refractivity contribution in [2.45, 2.75) is 64.1 Å². The lowest BCUT2D eigenvalue weighted by atomic mass is 9.84. The SMILES string of the molecule is COC(=O)N[C@H](C(=O)N1C(C(=O)O)CC2CCCCC21)C(C)C. The summed E-state index contributed by atoms with van der Waals surface area (Å²) in [6.45, 7) is 3.64. The second-order valence-corrected chi connectivity index (χ2v) is 6.80. The van der Waals surface area contributed by atoms with Gasteiger partial charge in [-0.15, -0.1) is 0 Å². The van der Waals surface area contributed by atoms with Crippen LogP contribution < -0.4 is 5.32 Å². The highest BCUT2D eigenvalue weighted by Gasteiger charge is 2.49. The van der Waals surface area contributed by atoms with Gasteiger partial charge in [-0.3, -0.25) is 4.79 Å². The third-order valence-corrected chi connectivity index (χ3v) is 5.02. The van der Waals surface area contributed by atoms with Crippen LogP contribution in [0.1, 0.15) is 46.0 Å². The van der Waals surface area contributed by atoms with Gasteiger partial charge in [0, 0.05) is 6.04 Å². The maximum atomic E-state index is 13.0. The highest BCUT2D eigenvalue weighted by atomic mass is 16.5. The Morgan fingerprint density at radius 1 is 1.22 bits per heavy atom. The van der Waals surface area contributed by atoms with E-state index in [1.54, 1.807) is 0 Å². The quantitative estimate of drug-likeness (QED) is 0.818. The summed E-state index contributed by atoms with van der Waals surface area (Å²) in [5.74, 6) is -1.18. The van der Waals surface area contributed by atoms with Gasteiger partial charge in [0.05, 0.1) is 7.11 Å². The van der Waals surface area contributed by atoms with Gasteiger partial charge in [0.2, 0.25) is 5.91 Å². The fourth-order valence-electron chi connectivity index (χ4n) is 3.86. The molecule has 0 aromatic carbocycles. The van der Waals surface area contributed by atoms with Gasteiger partial charge in [-0.25, -0.2) is 9.59 Å². The summed E-state index contributed by atoms with van der Waals surface area (Å²) in [5, 5.41) is 12.1. The van der Waals surface area contributed by atoms with Gasteiger partial charge in [0.25, 0.3) is 0 Å². The first-order valence-electron chi connectivity index (χ1n) is 8.26. The predicted octanol–water partition coefficient (Wildman–Crippen LogP) is 1.61. The van der Waals surface area contributed by atoms with Crippen LogP contribution >= 0.6 is 0 Å². The summed E-state index contributed by atoms with van der Waals surface area (Å²) >= 11 is 0. The summed E-state index contributed by atoms with van der Waals surface area (Å²) in [6.07, 6.45) is 3.73. The Morgan fingerprint density at radius 2 is 1.87 bits per heavy atom. The van der Waals surface area contributed by atoms with Crippen LogP contribution in [0, 0.1) is 11.8 Å². The molecule has 0 spiro atoms. The van der Waals surface area contributed by atoms with E-state index in [1.807, 2.05) is 13.8 Å². The molecule has 7 heteroatoms. The maximum Gasteiger partial charge on any atom is 0.407 e. The van der Waals surface area contributed by atoms with E-state index >= 15 is 0 Å². The Kier molecular flexibility index (Phi) is 5.49. The molecule has 130 valence electrons. The topological polar surface area (TPSA) is 95.9 Å². The Morgan fingerprint density at radius 3 is 2.43 bits per heavy atom. The molecule has 2 N–H and O–H groups in total. The van der Waals surface area contributed by atoms with Crippen LogP contribution in [0.25, 0.3) is 0 Å². The number of ether oxygens (including phenoxy) is 1. The van der Waals surface area contributed by atoms with Gasteiger partial charge in [-0.2, -0.15) is 0 Å². The molecule has 2 fully saturated rings. The molecule has 2 amide bonds. The standard InChI is InChI=1S/C16H26N2O5/c1-9(2)13(17-16(22)23-3)14(19)18-11-7-5-4-6-10(11)8-12(18)15(20)21/h9-13H,4-8H2,1-3H3,(H,17,22)(H,20,21)/t10?,11?,12?,13-/m0/s1. The number of amides is 2. The van der Waals surface area contributed by atoms with Crippen molar-refractivity contribution in [3.63, 3.8) is 0 Å². The van der Waals surface area contributed by atoms with E-state index in [1.165, 1.54) is 12.0 Å². The van der Waals surface area contributed by atoms with Crippen molar-refractivity contribution in [3.05, 3.63) is 0 Å². The molecule has 4 atom stereocenters. The second kappa shape index (κ2) is 7.19. The minimum atomic E-state index is -0.965. The van der Waals surface area contributed by atoms with Crippen molar-refractivity contribution in [2.24, 2.45) is 11.8 Å². The molecule has 23 heavy (non-hydrogen) atoms. The highest BCUT2D eigenvalue weighted by molar-refractivity contribution is 5.90. The molecule has 0 radical (unpaired) electrons. The molecule has 1 heterocycles. The predicted molar refractivity (Wildman–Crippen MR) is 82.8 cm³/mol. The van der Waals surface area contributed by atoms with Gasteiger partial charge in [0.15, 0.2) is 0 Å². The monoisotopic (exact) mass is 326 g/mol. The van der Waals surface area contributed by atoms with E-state index in [0.717, 1.165) is 25.7 Å². The summed E-state index contributed by atoms with van der Waals surface area (Å²) < 4.78 is 4.59. The molecule has 0 aromatic rings. The molecule has 0 aromatic heterocycles. The van der Waals surface area contributed by atoms with Gasteiger partial charge in [-0.05, 0) is 31.1 Å². The zero-order valence-electron chi connectivity index (χ0n) is 13.9. The van der Waals surface area contributed by atoms with Gasteiger partial charge < -0.3 is 20.1 Å². The first-order valence-corrected chi connectivity index (χ1v) is 8.26. The first kappa shape index (κ1) is 17.6. The molecule has 7 nitrogen and oxygen atoms in total. The first-order chi connectivity index (χ1) is 10.9. The van der Waals surface area contributed by atoms with Crippen LogP contribution in [0.15, 0.2) is 0 Å². The Labute approximate surface area is 136 Å². The Hall–Kier alpha value is -1.79. The average molecular weight is 326 g/mol. The number of methoxy groups -OCH3 is 1. The van der Waals surface area contributed by atoms with Crippen molar-refractivity contribution in [1.82, 2.24) is 10.2 Å². The molecule has 2 rings (SSSR count). The van der Waals surface area contributed by atoms with E-state index in [0.29, 0.717) is 6.42 Å². The number of likely N-dealkylation sites (tertiary alicyclic amines) is 1. The molecule has 1 aliphatic heterocycles. The summed E-state index contributed by atoms with van der Waals surface area (Å²) in [5.41, 5.74) is 0. The van der Waals surface area contributed by atoms with Crippen molar-refractivity contribution in [1.29, 1.82) is 0 Å². The number of carboxylic acids is 1. The highest BCUT2D eigenvalue weighted by Crippen LogP contribution is 2.40. The molecular weight excluding hydrogens is 300 g/mol. The normalized spacial score (nSPS) is 28.2. The number of hydrogen-bond donors (Lipinski definition) is 2. The van der Waals surface area contributed by atoms with Gasteiger partial charge >= 0.3 is 12.1 Å². The second-order valence-electron chi connectivity index (χ2n) is 6.80. The number of aliphatic carboxylic acids is 1. The number of carbonyl (C=O) groups excluding carboxylic acids is 2. The minimum absolute atomic E-state index is 0.0296. The molecule has 2 aliphatic rings. The lowest BCUT2D eigenvalue weighted by molar-refractivity contribution is -0.151. The van der Waals surface area contributed by atoms with E-state index in [9.17, 15) is 19.5 Å². The maximum absolute atomic E-state index is 13.0. The molecule has 1 saturated carbocycles. The number of rotatable bonds is 4. The number of carbonyl (C=O) groups is 3. The molecule has 1 saturated heterocycles. The van der Waals surface area contributed by atoms with Crippen molar-refractivity contribution >= 4 is 18.0 Å². The van der Waals surface area contributed by atoms with Crippen LogP contribution in [0.5, 0.6) is 0 Å². The van der Waals surface area contributed by atoms with Crippen LogP contribution in [0.2, 0.25) is 0 Å². The van der Waals surface area contributed by atoms with E-state index in [4.69, 9.17) is 0 Å². The lowest BCUT2D eigenvalue weighted by Gasteiger charge is -2.36. The minimum Gasteiger partial charge on any atom is -0.480 e. The Balaban J connectivity index is 2.24. The number of nitrogens with one attached hydrogen (secondary N) is 1. The van der Waals surface area contributed by atoms with Gasteiger partial charge in [-0.1, -0.05) is 26.7 Å². The number of nitrogens with zero attached hydrogens (tertiary/aromatic N) is 1. The van der Waals surface area contributed by atoms with Crippen molar-refractivity contribution in [3.8, 4) is 0 Å². The van der Waals surface area contributed by atoms with E-state index < -0.39 is 24.1 Å². The third kappa shape index (κ3) is 3.59. The fraction of sp³-hybridized carbons (Fsp3) is 0.812. The lowest BCUT2D eigenvalue weighted by Crippen LogP contribution is -2.56. The molecular formula is C16H26N2O5. The van der Waals surface area contributed by atoms with Gasteiger partial charge in [0.1, 0.15) is 12.1 Å². The number of alkyl carbamates (subject to hydrolysis) is 1.